The molecule has 1 unspecified atom stereocenters. The standard InChI is InChI=1S/C8H19NO3S/c1-4-6-13(10,11)9-8(3)7-12-5-2/h8-9H,4-7H2,1-3H3. The van der Waals surface area contributed by atoms with Gasteiger partial charge in [-0.1, -0.05) is 6.92 Å². The molecule has 1 atom stereocenters. The van der Waals surface area contributed by atoms with Crippen LogP contribution in [-0.2, 0) is 14.8 Å². The second-order valence-corrected chi connectivity index (χ2v) is 4.87. The van der Waals surface area contributed by atoms with Crippen molar-refractivity contribution in [3.8, 4) is 0 Å². The van der Waals surface area contributed by atoms with E-state index in [1.807, 2.05) is 13.8 Å². The van der Waals surface area contributed by atoms with Crippen LogP contribution in [0.1, 0.15) is 27.2 Å². The van der Waals surface area contributed by atoms with Gasteiger partial charge in [0.15, 0.2) is 0 Å². The Morgan fingerprint density at radius 1 is 1.38 bits per heavy atom. The zero-order valence-corrected chi connectivity index (χ0v) is 9.36. The van der Waals surface area contributed by atoms with Gasteiger partial charge in [-0.15, -0.1) is 0 Å². The fourth-order valence-electron chi connectivity index (χ4n) is 0.963. The molecule has 0 spiro atoms. The van der Waals surface area contributed by atoms with Gasteiger partial charge in [-0.25, -0.2) is 13.1 Å². The highest BCUT2D eigenvalue weighted by atomic mass is 32.2. The third-order valence-corrected chi connectivity index (χ3v) is 3.13. The second kappa shape index (κ2) is 6.34. The SMILES string of the molecule is CCCS(=O)(=O)NC(C)COCC. The Morgan fingerprint density at radius 2 is 2.00 bits per heavy atom. The maximum atomic E-state index is 11.2. The first kappa shape index (κ1) is 12.9. The summed E-state index contributed by atoms with van der Waals surface area (Å²) < 4.78 is 30.1. The molecule has 0 bridgehead atoms. The molecule has 0 radical (unpaired) electrons. The van der Waals surface area contributed by atoms with Gasteiger partial charge in [0.1, 0.15) is 0 Å². The molecule has 0 aromatic carbocycles. The Hall–Kier alpha value is -0.130. The summed E-state index contributed by atoms with van der Waals surface area (Å²) in [7, 11) is -3.09. The van der Waals surface area contributed by atoms with Gasteiger partial charge in [-0.2, -0.15) is 0 Å². The van der Waals surface area contributed by atoms with Crippen LogP contribution >= 0.6 is 0 Å². The van der Waals surface area contributed by atoms with Gasteiger partial charge in [0.05, 0.1) is 12.4 Å². The molecule has 0 fully saturated rings. The molecule has 0 saturated carbocycles. The minimum atomic E-state index is -3.09. The largest absolute Gasteiger partial charge is 0.380 e. The fraction of sp³-hybridized carbons (Fsp3) is 1.00. The fourth-order valence-corrected chi connectivity index (χ4v) is 2.30. The summed E-state index contributed by atoms with van der Waals surface area (Å²) in [5.41, 5.74) is 0. The minimum absolute atomic E-state index is 0.142. The molecule has 80 valence electrons. The lowest BCUT2D eigenvalue weighted by molar-refractivity contribution is 0.133. The van der Waals surface area contributed by atoms with Crippen molar-refractivity contribution >= 4 is 10.0 Å². The van der Waals surface area contributed by atoms with Crippen LogP contribution in [0.2, 0.25) is 0 Å². The van der Waals surface area contributed by atoms with Gasteiger partial charge in [0, 0.05) is 12.6 Å². The summed E-state index contributed by atoms with van der Waals surface area (Å²) in [4.78, 5) is 0. The van der Waals surface area contributed by atoms with Gasteiger partial charge < -0.3 is 4.74 Å². The third kappa shape index (κ3) is 6.98. The van der Waals surface area contributed by atoms with Crippen molar-refractivity contribution in [2.45, 2.75) is 33.2 Å². The Labute approximate surface area is 80.7 Å². The number of hydrogen-bond acceptors (Lipinski definition) is 3. The van der Waals surface area contributed by atoms with Crippen LogP contribution < -0.4 is 4.72 Å². The van der Waals surface area contributed by atoms with Gasteiger partial charge in [-0.05, 0) is 20.3 Å². The van der Waals surface area contributed by atoms with E-state index in [0.29, 0.717) is 19.6 Å². The van der Waals surface area contributed by atoms with Gasteiger partial charge >= 0.3 is 0 Å². The van der Waals surface area contributed by atoms with Crippen LogP contribution in [0.3, 0.4) is 0 Å². The van der Waals surface area contributed by atoms with Crippen LogP contribution in [0.4, 0.5) is 0 Å². The van der Waals surface area contributed by atoms with Crippen LogP contribution in [0, 0.1) is 0 Å². The topological polar surface area (TPSA) is 55.4 Å². The lowest BCUT2D eigenvalue weighted by Crippen LogP contribution is -2.37. The molecule has 0 aromatic rings. The molecule has 4 nitrogen and oxygen atoms in total. The monoisotopic (exact) mass is 209 g/mol. The van der Waals surface area contributed by atoms with E-state index in [1.54, 1.807) is 6.92 Å². The molecule has 0 aromatic heterocycles. The van der Waals surface area contributed by atoms with Gasteiger partial charge in [0.2, 0.25) is 10.0 Å². The molecule has 1 N–H and O–H groups in total. The van der Waals surface area contributed by atoms with Gasteiger partial charge in [-0.3, -0.25) is 0 Å². The van der Waals surface area contributed by atoms with Crippen LogP contribution in [0.5, 0.6) is 0 Å². The first-order chi connectivity index (χ1) is 6.02. The number of hydrogen-bond donors (Lipinski definition) is 1. The quantitative estimate of drug-likeness (QED) is 0.673. The average molecular weight is 209 g/mol. The summed E-state index contributed by atoms with van der Waals surface area (Å²) in [6.07, 6.45) is 0.636. The van der Waals surface area contributed by atoms with E-state index in [-0.39, 0.29) is 11.8 Å². The van der Waals surface area contributed by atoms with Crippen LogP contribution in [-0.4, -0.2) is 33.4 Å². The predicted octanol–water partition coefficient (Wildman–Crippen LogP) is 0.741. The van der Waals surface area contributed by atoms with E-state index in [1.165, 1.54) is 0 Å². The Morgan fingerprint density at radius 3 is 2.46 bits per heavy atom. The third-order valence-electron chi connectivity index (χ3n) is 1.43. The van der Waals surface area contributed by atoms with Crippen LogP contribution in [0.15, 0.2) is 0 Å². The number of rotatable bonds is 7. The number of ether oxygens (including phenoxy) is 1. The number of sulfonamides is 1. The first-order valence-electron chi connectivity index (χ1n) is 4.59. The first-order valence-corrected chi connectivity index (χ1v) is 6.24. The summed E-state index contributed by atoms with van der Waals surface area (Å²) in [6.45, 7) is 6.56. The molecule has 13 heavy (non-hydrogen) atoms. The zero-order valence-electron chi connectivity index (χ0n) is 8.54. The summed E-state index contributed by atoms with van der Waals surface area (Å²) >= 11 is 0. The summed E-state index contributed by atoms with van der Waals surface area (Å²) in [5.74, 6) is 0.184. The molecule has 0 rings (SSSR count). The molecule has 0 heterocycles. The maximum absolute atomic E-state index is 11.2. The van der Waals surface area contributed by atoms with Crippen molar-refractivity contribution < 1.29 is 13.2 Å². The smallest absolute Gasteiger partial charge is 0.211 e. The van der Waals surface area contributed by atoms with Crippen molar-refractivity contribution in [2.24, 2.45) is 0 Å². The second-order valence-electron chi connectivity index (χ2n) is 3.00. The maximum Gasteiger partial charge on any atom is 0.211 e. The normalized spacial score (nSPS) is 14.4. The van der Waals surface area contributed by atoms with E-state index < -0.39 is 10.0 Å². The predicted molar refractivity (Wildman–Crippen MR) is 53.2 cm³/mol. The van der Waals surface area contributed by atoms with Crippen LogP contribution in [0.25, 0.3) is 0 Å². The zero-order chi connectivity index (χ0) is 10.3. The van der Waals surface area contributed by atoms with Crippen molar-refractivity contribution in [2.75, 3.05) is 19.0 Å². The molecular weight excluding hydrogens is 190 g/mol. The highest BCUT2D eigenvalue weighted by Gasteiger charge is 2.12. The lowest BCUT2D eigenvalue weighted by Gasteiger charge is -2.13. The highest BCUT2D eigenvalue weighted by Crippen LogP contribution is 1.92. The molecule has 0 aliphatic rings. The van der Waals surface area contributed by atoms with E-state index in [9.17, 15) is 8.42 Å². The lowest BCUT2D eigenvalue weighted by atomic mass is 10.4. The van der Waals surface area contributed by atoms with E-state index in [2.05, 4.69) is 4.72 Å². The van der Waals surface area contributed by atoms with E-state index >= 15 is 0 Å². The summed E-state index contributed by atoms with van der Waals surface area (Å²) in [6, 6.07) is -0.142. The van der Waals surface area contributed by atoms with Gasteiger partial charge in [0.25, 0.3) is 0 Å². The summed E-state index contributed by atoms with van der Waals surface area (Å²) in [5, 5.41) is 0. The Balaban J connectivity index is 3.82. The molecule has 0 aliphatic heterocycles. The molecule has 5 heteroatoms. The molecular formula is C8H19NO3S. The molecule has 0 saturated heterocycles. The van der Waals surface area contributed by atoms with Crippen molar-refractivity contribution in [3.05, 3.63) is 0 Å². The minimum Gasteiger partial charge on any atom is -0.380 e. The van der Waals surface area contributed by atoms with Crippen molar-refractivity contribution in [1.29, 1.82) is 0 Å². The molecule has 0 aliphatic carbocycles. The van der Waals surface area contributed by atoms with E-state index in [0.717, 1.165) is 0 Å². The highest BCUT2D eigenvalue weighted by molar-refractivity contribution is 7.89. The molecule has 0 amide bonds. The Kier molecular flexibility index (Phi) is 6.28. The van der Waals surface area contributed by atoms with E-state index in [4.69, 9.17) is 4.74 Å². The van der Waals surface area contributed by atoms with Crippen molar-refractivity contribution in [3.63, 3.8) is 0 Å². The average Bonchev–Trinajstić information content (AvgIpc) is 1.99. The Bertz CT molecular complexity index is 213. The number of nitrogens with one attached hydrogen (secondary N) is 1. The van der Waals surface area contributed by atoms with Crippen molar-refractivity contribution in [1.82, 2.24) is 4.72 Å².